The van der Waals surface area contributed by atoms with E-state index in [1.807, 2.05) is 0 Å². The Kier molecular flexibility index (Phi) is 1.82. The lowest BCUT2D eigenvalue weighted by Gasteiger charge is -2.26. The Morgan fingerprint density at radius 2 is 2.00 bits per heavy atom. The molecule has 2 aliphatic carbocycles. The Balaban J connectivity index is 2.35. The minimum atomic E-state index is 0.124. The molecule has 2 aliphatic rings. The number of allylic oxidation sites excluding steroid dienone is 2. The minimum Gasteiger partial charge on any atom is -0.0859 e. The highest BCUT2D eigenvalue weighted by Gasteiger charge is 2.52. The molecule has 1 fully saturated rings. The van der Waals surface area contributed by atoms with Gasteiger partial charge in [-0.3, -0.25) is 0 Å². The molecular weight excluding hydrogens is 324 g/mol. The third-order valence-electron chi connectivity index (χ3n) is 2.35. The van der Waals surface area contributed by atoms with Gasteiger partial charge in [-0.1, -0.05) is 59.9 Å². The molecule has 10 heavy (non-hydrogen) atoms. The first-order valence-corrected chi connectivity index (χ1v) is 5.83. The average Bonchev–Trinajstić information content (AvgIpc) is 2.37. The van der Waals surface area contributed by atoms with Crippen molar-refractivity contribution in [2.24, 2.45) is 11.8 Å². The lowest BCUT2D eigenvalue weighted by Crippen LogP contribution is -2.28. The molecule has 1 unspecified atom stereocenters. The second-order valence-electron chi connectivity index (χ2n) is 2.97. The van der Waals surface area contributed by atoms with Crippen molar-refractivity contribution in [2.45, 2.75) is 14.5 Å². The van der Waals surface area contributed by atoms with E-state index >= 15 is 0 Å². The second-order valence-corrected chi connectivity index (χ2v) is 7.64. The van der Waals surface area contributed by atoms with Gasteiger partial charge in [-0.05, 0) is 12.3 Å². The van der Waals surface area contributed by atoms with Gasteiger partial charge in [0, 0.05) is 10.7 Å². The van der Waals surface area contributed by atoms with Crippen molar-refractivity contribution in [1.82, 2.24) is 0 Å². The normalized spacial score (nSPS) is 48.5. The van der Waals surface area contributed by atoms with E-state index in [0.717, 1.165) is 5.92 Å². The molecule has 0 aromatic heterocycles. The predicted octanol–water partition coefficient (Wildman–Crippen LogP) is 3.44. The summed E-state index contributed by atoms with van der Waals surface area (Å²) in [6.45, 7) is 0. The summed E-state index contributed by atoms with van der Waals surface area (Å²) in [4.78, 5) is 0.551. The lowest BCUT2D eigenvalue weighted by atomic mass is 10.1. The number of hydrogen-bond acceptors (Lipinski definition) is 0. The van der Waals surface area contributed by atoms with Crippen LogP contribution in [-0.2, 0) is 0 Å². The van der Waals surface area contributed by atoms with E-state index in [0.29, 0.717) is 10.7 Å². The number of alkyl halides is 3. The number of hydrogen-bond donors (Lipinski definition) is 0. The van der Waals surface area contributed by atoms with Crippen molar-refractivity contribution in [3.05, 3.63) is 12.2 Å². The van der Waals surface area contributed by atoms with Crippen LogP contribution in [0.1, 0.15) is 6.42 Å². The fourth-order valence-corrected chi connectivity index (χ4v) is 3.81. The van der Waals surface area contributed by atoms with E-state index in [4.69, 9.17) is 0 Å². The summed E-state index contributed by atoms with van der Waals surface area (Å²) < 4.78 is 0.124. The van der Waals surface area contributed by atoms with Gasteiger partial charge in [0.2, 0.25) is 0 Å². The third kappa shape index (κ3) is 0.896. The standard InChI is InChI=1S/C7H7Br3/c8-6-4-1-2-5(3-4)7(6,9)10/h1-2,4-6H,3H2/t4-,5+,6?/m1/s1. The molecule has 0 spiro atoms. The van der Waals surface area contributed by atoms with Crippen LogP contribution in [0.25, 0.3) is 0 Å². The Labute approximate surface area is 85.8 Å². The summed E-state index contributed by atoms with van der Waals surface area (Å²) in [6.07, 6.45) is 5.89. The Bertz CT molecular complexity index is 185. The van der Waals surface area contributed by atoms with Crippen LogP contribution in [0.3, 0.4) is 0 Å². The molecule has 0 amide bonds. The van der Waals surface area contributed by atoms with Crippen molar-refractivity contribution in [2.75, 3.05) is 0 Å². The molecule has 0 aromatic carbocycles. The van der Waals surface area contributed by atoms with E-state index < -0.39 is 0 Å². The Morgan fingerprint density at radius 3 is 2.30 bits per heavy atom. The van der Waals surface area contributed by atoms with Gasteiger partial charge < -0.3 is 0 Å². The largest absolute Gasteiger partial charge is 0.0997 e. The van der Waals surface area contributed by atoms with Crippen LogP contribution in [0.4, 0.5) is 0 Å². The molecule has 0 N–H and O–H groups in total. The molecule has 0 nitrogen and oxygen atoms in total. The van der Waals surface area contributed by atoms with E-state index in [1.165, 1.54) is 6.42 Å². The molecule has 3 atom stereocenters. The van der Waals surface area contributed by atoms with Crippen LogP contribution in [-0.4, -0.2) is 8.06 Å². The first-order valence-electron chi connectivity index (χ1n) is 3.32. The molecule has 0 aliphatic heterocycles. The molecule has 2 bridgehead atoms. The van der Waals surface area contributed by atoms with Crippen molar-refractivity contribution < 1.29 is 0 Å². The fraction of sp³-hybridized carbons (Fsp3) is 0.714. The van der Waals surface area contributed by atoms with Gasteiger partial charge in [-0.25, -0.2) is 0 Å². The first-order chi connectivity index (χ1) is 4.62. The highest BCUT2D eigenvalue weighted by atomic mass is 79.9. The summed E-state index contributed by atoms with van der Waals surface area (Å²) in [5, 5.41) is 0. The fourth-order valence-electron chi connectivity index (χ4n) is 1.72. The zero-order chi connectivity index (χ0) is 7.35. The van der Waals surface area contributed by atoms with E-state index in [9.17, 15) is 0 Å². The van der Waals surface area contributed by atoms with Crippen molar-refractivity contribution in [1.29, 1.82) is 0 Å². The average molecular weight is 331 g/mol. The van der Waals surface area contributed by atoms with Crippen molar-refractivity contribution in [3.8, 4) is 0 Å². The van der Waals surface area contributed by atoms with E-state index in [-0.39, 0.29) is 3.23 Å². The van der Waals surface area contributed by atoms with Gasteiger partial charge in [0.15, 0.2) is 0 Å². The maximum Gasteiger partial charge on any atom is 0.0997 e. The first kappa shape index (κ1) is 7.81. The SMILES string of the molecule is BrC1[C@@H]2C=C[C@@H](C2)C1(Br)Br. The van der Waals surface area contributed by atoms with Gasteiger partial charge in [0.05, 0.1) is 3.23 Å². The Morgan fingerprint density at radius 1 is 1.30 bits per heavy atom. The minimum absolute atomic E-state index is 0.124. The second kappa shape index (κ2) is 2.33. The van der Waals surface area contributed by atoms with Crippen LogP contribution in [0.5, 0.6) is 0 Å². The molecule has 0 aromatic rings. The van der Waals surface area contributed by atoms with Crippen LogP contribution in [0, 0.1) is 11.8 Å². The molecule has 3 heteroatoms. The van der Waals surface area contributed by atoms with Crippen LogP contribution in [0.2, 0.25) is 0 Å². The molecular formula is C7H7Br3. The zero-order valence-electron chi connectivity index (χ0n) is 5.23. The van der Waals surface area contributed by atoms with Crippen LogP contribution in [0.15, 0.2) is 12.2 Å². The number of fused-ring (bicyclic) bond motifs is 2. The lowest BCUT2D eigenvalue weighted by molar-refractivity contribution is 0.691. The molecule has 2 rings (SSSR count). The highest BCUT2D eigenvalue weighted by Crippen LogP contribution is 2.57. The summed E-state index contributed by atoms with van der Waals surface area (Å²) in [5.74, 6) is 1.39. The summed E-state index contributed by atoms with van der Waals surface area (Å²) in [5.41, 5.74) is 0. The molecule has 1 saturated carbocycles. The van der Waals surface area contributed by atoms with Gasteiger partial charge >= 0.3 is 0 Å². The number of halogens is 3. The van der Waals surface area contributed by atoms with Gasteiger partial charge in [0.1, 0.15) is 0 Å². The topological polar surface area (TPSA) is 0 Å². The summed E-state index contributed by atoms with van der Waals surface area (Å²) in [7, 11) is 0. The van der Waals surface area contributed by atoms with Crippen molar-refractivity contribution >= 4 is 47.8 Å². The molecule has 0 heterocycles. The van der Waals surface area contributed by atoms with Crippen LogP contribution < -0.4 is 0 Å². The predicted molar refractivity (Wildman–Crippen MR) is 54.0 cm³/mol. The van der Waals surface area contributed by atoms with Crippen LogP contribution >= 0.6 is 47.8 Å². The smallest absolute Gasteiger partial charge is 0.0859 e. The van der Waals surface area contributed by atoms with Crippen molar-refractivity contribution in [3.63, 3.8) is 0 Å². The maximum atomic E-state index is 3.68. The zero-order valence-corrected chi connectivity index (χ0v) is 9.99. The highest BCUT2D eigenvalue weighted by molar-refractivity contribution is 9.26. The number of rotatable bonds is 0. The summed E-state index contributed by atoms with van der Waals surface area (Å²) in [6, 6.07) is 0. The van der Waals surface area contributed by atoms with E-state index in [2.05, 4.69) is 59.9 Å². The molecule has 0 radical (unpaired) electrons. The third-order valence-corrected chi connectivity index (χ3v) is 7.15. The summed E-state index contributed by atoms with van der Waals surface area (Å²) >= 11 is 11.0. The van der Waals surface area contributed by atoms with Gasteiger partial charge in [0.25, 0.3) is 0 Å². The monoisotopic (exact) mass is 328 g/mol. The quantitative estimate of drug-likeness (QED) is 0.471. The molecule has 0 saturated heterocycles. The molecule has 56 valence electrons. The van der Waals surface area contributed by atoms with Gasteiger partial charge in [-0.2, -0.15) is 0 Å². The van der Waals surface area contributed by atoms with E-state index in [1.54, 1.807) is 0 Å². The maximum absolute atomic E-state index is 3.68. The van der Waals surface area contributed by atoms with Gasteiger partial charge in [-0.15, -0.1) is 0 Å². The Hall–Kier alpha value is 1.18.